The first-order chi connectivity index (χ1) is 5.49. The Kier molecular flexibility index (Phi) is 3.01. The van der Waals surface area contributed by atoms with E-state index in [2.05, 4.69) is 24.3 Å². The van der Waals surface area contributed by atoms with Crippen molar-refractivity contribution in [2.75, 3.05) is 19.8 Å². The molecular formula is C8H17N3S. The second-order valence-corrected chi connectivity index (χ2v) is 4.92. The summed E-state index contributed by atoms with van der Waals surface area (Å²) in [6.45, 7) is 4.34. The van der Waals surface area contributed by atoms with Gasteiger partial charge in [-0.15, -0.1) is 0 Å². The van der Waals surface area contributed by atoms with Crippen molar-refractivity contribution in [2.24, 2.45) is 4.99 Å². The van der Waals surface area contributed by atoms with Crippen molar-refractivity contribution < 1.29 is 0 Å². The molecule has 1 heterocycles. The molecule has 0 saturated heterocycles. The number of hydrogen-bond acceptors (Lipinski definition) is 4. The number of amidine groups is 1. The van der Waals surface area contributed by atoms with Gasteiger partial charge in [0.1, 0.15) is 0 Å². The van der Waals surface area contributed by atoms with E-state index in [1.54, 1.807) is 11.8 Å². The van der Waals surface area contributed by atoms with E-state index in [1.807, 2.05) is 19.1 Å². The zero-order chi connectivity index (χ0) is 9.19. The first-order valence-corrected chi connectivity index (χ1v) is 5.15. The van der Waals surface area contributed by atoms with Crippen LogP contribution in [0.5, 0.6) is 0 Å². The van der Waals surface area contributed by atoms with Crippen LogP contribution in [0.1, 0.15) is 20.3 Å². The second kappa shape index (κ2) is 3.66. The van der Waals surface area contributed by atoms with Crippen LogP contribution < -0.4 is 5.43 Å². The van der Waals surface area contributed by atoms with Crippen LogP contribution in [0.2, 0.25) is 0 Å². The summed E-state index contributed by atoms with van der Waals surface area (Å²) in [4.78, 5) is 4.58. The van der Waals surface area contributed by atoms with Gasteiger partial charge in [0.05, 0.1) is 5.54 Å². The summed E-state index contributed by atoms with van der Waals surface area (Å²) >= 11 is 1.79. The van der Waals surface area contributed by atoms with Gasteiger partial charge >= 0.3 is 0 Å². The van der Waals surface area contributed by atoms with Crippen molar-refractivity contribution in [1.82, 2.24) is 10.4 Å². The van der Waals surface area contributed by atoms with E-state index in [9.17, 15) is 0 Å². The molecule has 1 aliphatic rings. The molecule has 70 valence electrons. The molecular weight excluding hydrogens is 170 g/mol. The molecule has 0 unspecified atom stereocenters. The molecule has 1 N–H and O–H groups in total. The highest BCUT2D eigenvalue weighted by Crippen LogP contribution is 2.24. The molecule has 1 rings (SSSR count). The van der Waals surface area contributed by atoms with Crippen molar-refractivity contribution >= 4 is 16.9 Å². The Morgan fingerprint density at radius 3 is 2.67 bits per heavy atom. The van der Waals surface area contributed by atoms with Crippen molar-refractivity contribution in [1.29, 1.82) is 0 Å². The minimum Gasteiger partial charge on any atom is -0.298 e. The zero-order valence-corrected chi connectivity index (χ0v) is 9.03. The topological polar surface area (TPSA) is 27.6 Å². The van der Waals surface area contributed by atoms with Gasteiger partial charge in [-0.1, -0.05) is 11.8 Å². The fraction of sp³-hybridized carbons (Fsp3) is 0.875. The Morgan fingerprint density at radius 2 is 2.17 bits per heavy atom. The molecule has 3 nitrogen and oxygen atoms in total. The molecule has 0 bridgehead atoms. The minimum atomic E-state index is 0.115. The van der Waals surface area contributed by atoms with E-state index < -0.39 is 0 Å². The highest BCUT2D eigenvalue weighted by atomic mass is 32.2. The van der Waals surface area contributed by atoms with Gasteiger partial charge in [0, 0.05) is 19.8 Å². The summed E-state index contributed by atoms with van der Waals surface area (Å²) < 4.78 is 0. The van der Waals surface area contributed by atoms with Crippen LogP contribution in [0, 0.1) is 0 Å². The number of thioether (sulfide) groups is 1. The van der Waals surface area contributed by atoms with Gasteiger partial charge < -0.3 is 0 Å². The summed E-state index contributed by atoms with van der Waals surface area (Å²) in [6.07, 6.45) is 1.16. The Morgan fingerprint density at radius 1 is 1.50 bits per heavy atom. The van der Waals surface area contributed by atoms with Gasteiger partial charge in [-0.2, -0.15) is 0 Å². The number of hydrazine groups is 1. The summed E-state index contributed by atoms with van der Waals surface area (Å²) in [7, 11) is 3.95. The number of nitrogens with zero attached hydrogens (tertiary/aromatic N) is 2. The first kappa shape index (κ1) is 9.86. The molecule has 12 heavy (non-hydrogen) atoms. The minimum absolute atomic E-state index is 0.115. The number of nitrogens with one attached hydrogen (secondary N) is 1. The van der Waals surface area contributed by atoms with Crippen LogP contribution in [-0.4, -0.2) is 35.6 Å². The van der Waals surface area contributed by atoms with E-state index in [4.69, 9.17) is 0 Å². The standard InChI is InChI=1S/C8H17N3S/c1-8(2)5-6-12-7(9-8)10-11(3)4/h5-6H2,1-4H3,(H,9,10). The van der Waals surface area contributed by atoms with Crippen LogP contribution in [-0.2, 0) is 0 Å². The normalized spacial score (nSPS) is 22.2. The molecule has 4 heteroatoms. The number of hydrogen-bond donors (Lipinski definition) is 1. The molecule has 0 saturated carbocycles. The predicted molar refractivity (Wildman–Crippen MR) is 55.4 cm³/mol. The Hall–Kier alpha value is -0.220. The van der Waals surface area contributed by atoms with Crippen molar-refractivity contribution in [3.63, 3.8) is 0 Å². The summed E-state index contributed by atoms with van der Waals surface area (Å²) in [6, 6.07) is 0. The van der Waals surface area contributed by atoms with E-state index in [1.165, 1.54) is 0 Å². The van der Waals surface area contributed by atoms with Crippen molar-refractivity contribution in [3.8, 4) is 0 Å². The molecule has 0 amide bonds. The third-order valence-corrected chi connectivity index (χ3v) is 2.54. The van der Waals surface area contributed by atoms with Crippen LogP contribution >= 0.6 is 11.8 Å². The van der Waals surface area contributed by atoms with E-state index in [0.29, 0.717) is 0 Å². The van der Waals surface area contributed by atoms with E-state index >= 15 is 0 Å². The third-order valence-electron chi connectivity index (χ3n) is 1.68. The molecule has 0 aromatic carbocycles. The lowest BCUT2D eigenvalue weighted by atomic mass is 10.0. The van der Waals surface area contributed by atoms with Gasteiger partial charge in [0.2, 0.25) is 0 Å². The molecule has 1 aliphatic heterocycles. The summed E-state index contributed by atoms with van der Waals surface area (Å²) in [5.41, 5.74) is 3.30. The fourth-order valence-corrected chi connectivity index (χ4v) is 2.36. The van der Waals surface area contributed by atoms with Crippen molar-refractivity contribution in [3.05, 3.63) is 0 Å². The van der Waals surface area contributed by atoms with Crippen molar-refractivity contribution in [2.45, 2.75) is 25.8 Å². The third kappa shape index (κ3) is 3.03. The monoisotopic (exact) mass is 187 g/mol. The second-order valence-electron chi connectivity index (χ2n) is 3.83. The highest BCUT2D eigenvalue weighted by Gasteiger charge is 2.22. The van der Waals surface area contributed by atoms with E-state index in [-0.39, 0.29) is 5.54 Å². The van der Waals surface area contributed by atoms with Crippen LogP contribution in [0.25, 0.3) is 0 Å². The lowest BCUT2D eigenvalue weighted by molar-refractivity contribution is 0.361. The van der Waals surface area contributed by atoms with Gasteiger partial charge in [0.25, 0.3) is 0 Å². The maximum absolute atomic E-state index is 4.58. The SMILES string of the molecule is CN(C)NC1=NC(C)(C)CCS1. The molecule has 0 aromatic heterocycles. The van der Waals surface area contributed by atoms with Gasteiger partial charge in [-0.25, -0.2) is 5.01 Å². The van der Waals surface area contributed by atoms with Gasteiger partial charge in [0.15, 0.2) is 5.17 Å². The van der Waals surface area contributed by atoms with Gasteiger partial charge in [-0.3, -0.25) is 10.4 Å². The zero-order valence-electron chi connectivity index (χ0n) is 8.22. The average molecular weight is 187 g/mol. The number of rotatable bonds is 1. The summed E-state index contributed by atoms with van der Waals surface area (Å²) in [5, 5.41) is 2.96. The van der Waals surface area contributed by atoms with Crippen LogP contribution in [0.15, 0.2) is 4.99 Å². The predicted octanol–water partition coefficient (Wildman–Crippen LogP) is 1.32. The molecule has 0 spiro atoms. The smallest absolute Gasteiger partial charge is 0.171 e. The molecule has 0 aromatic rings. The maximum Gasteiger partial charge on any atom is 0.171 e. The molecule has 0 radical (unpaired) electrons. The van der Waals surface area contributed by atoms with Gasteiger partial charge in [-0.05, 0) is 20.3 Å². The first-order valence-electron chi connectivity index (χ1n) is 4.16. The molecule has 0 atom stereocenters. The highest BCUT2D eigenvalue weighted by molar-refractivity contribution is 8.13. The Bertz CT molecular complexity index is 187. The van der Waals surface area contributed by atoms with E-state index in [0.717, 1.165) is 17.3 Å². The Labute approximate surface area is 78.6 Å². The van der Waals surface area contributed by atoms with Crippen LogP contribution in [0.3, 0.4) is 0 Å². The van der Waals surface area contributed by atoms with Crippen LogP contribution in [0.4, 0.5) is 0 Å². The Balaban J connectivity index is 2.58. The average Bonchev–Trinajstić information content (AvgIpc) is 1.82. The quantitative estimate of drug-likeness (QED) is 0.627. The maximum atomic E-state index is 4.58. The lowest BCUT2D eigenvalue weighted by Gasteiger charge is -2.27. The largest absolute Gasteiger partial charge is 0.298 e. The number of aliphatic imine (C=N–C) groups is 1. The molecule has 0 aliphatic carbocycles. The summed E-state index contributed by atoms with van der Waals surface area (Å²) in [5.74, 6) is 1.16. The fourth-order valence-electron chi connectivity index (χ4n) is 1.01. The lowest BCUT2D eigenvalue weighted by Crippen LogP contribution is -2.38. The molecule has 0 fully saturated rings.